The van der Waals surface area contributed by atoms with Crippen LogP contribution in [0.5, 0.6) is 0 Å². The van der Waals surface area contributed by atoms with E-state index in [0.717, 1.165) is 43.3 Å². The topological polar surface area (TPSA) is 206 Å². The molecule has 320 valence electrons. The Morgan fingerprint density at radius 2 is 1.00 bits per heavy atom. The maximum atomic E-state index is 14.0. The minimum absolute atomic E-state index is 0.0241. The van der Waals surface area contributed by atoms with Gasteiger partial charge in [0.25, 0.3) is 0 Å². The molecule has 0 bridgehead atoms. The molecule has 0 saturated carbocycles. The number of benzene rings is 3. The Morgan fingerprint density at radius 3 is 1.35 bits per heavy atom. The van der Waals surface area contributed by atoms with Crippen molar-refractivity contribution in [1.82, 2.24) is 0 Å². The summed E-state index contributed by atoms with van der Waals surface area (Å²) in [5.41, 5.74) is 2.56. The van der Waals surface area contributed by atoms with E-state index in [1.807, 2.05) is 0 Å². The number of hydrogen-bond acceptors (Lipinski definition) is 11. The van der Waals surface area contributed by atoms with Gasteiger partial charge in [-0.1, -0.05) is 32.9 Å². The Bertz CT molecular complexity index is 2230. The Balaban J connectivity index is 0.000000766. The number of hydrogen-bond donors (Lipinski definition) is 1. The largest absolute Gasteiger partial charge is 0.394 e. The Morgan fingerprint density at radius 1 is 0.632 bits per heavy atom. The molecule has 57 heavy (non-hydrogen) atoms. The molecule has 0 fully saturated rings. The van der Waals surface area contributed by atoms with Crippen LogP contribution in [0.15, 0.2) is 36.4 Å². The quantitative estimate of drug-likeness (QED) is 0.0528. The third kappa shape index (κ3) is 19.8. The number of Topliss-reactive ketones (excluding diaryl/α,β-unsaturated/α-hetero) is 2. The predicted octanol–water partition coefficient (Wildman–Crippen LogP) is 7.26. The van der Waals surface area contributed by atoms with Crippen molar-refractivity contribution in [3.05, 3.63) is 104 Å². The molecule has 0 saturated heterocycles. The van der Waals surface area contributed by atoms with Crippen LogP contribution in [0.4, 0.5) is 37.7 Å². The van der Waals surface area contributed by atoms with Crippen LogP contribution in [0.1, 0.15) is 76.1 Å². The second kappa shape index (κ2) is 24.0. The van der Waals surface area contributed by atoms with Gasteiger partial charge in [0.05, 0.1) is 33.7 Å². The predicted molar refractivity (Wildman–Crippen MR) is 204 cm³/mol. The molecular formula is C35H43ClF6N2O10S3. The zero-order chi connectivity index (χ0) is 44.5. The highest BCUT2D eigenvalue weighted by Crippen LogP contribution is 2.24. The summed E-state index contributed by atoms with van der Waals surface area (Å²) in [6.45, 7) is 7.56. The van der Waals surface area contributed by atoms with Crippen LogP contribution in [0.25, 0.3) is 0 Å². The fourth-order valence-corrected chi connectivity index (χ4v) is 8.39. The molecule has 3 aromatic rings. The van der Waals surface area contributed by atoms with E-state index >= 15 is 0 Å². The zero-order valence-corrected chi connectivity index (χ0v) is 34.7. The van der Waals surface area contributed by atoms with Crippen molar-refractivity contribution < 1.29 is 66.1 Å². The van der Waals surface area contributed by atoms with Crippen molar-refractivity contribution in [3.8, 4) is 0 Å². The molecule has 0 spiro atoms. The van der Waals surface area contributed by atoms with Crippen molar-refractivity contribution in [1.29, 1.82) is 0 Å². The fourth-order valence-electron chi connectivity index (χ4n) is 4.52. The average Bonchev–Trinajstić information content (AvgIpc) is 3.06. The third-order valence-corrected chi connectivity index (χ3v) is 11.8. The molecule has 12 nitrogen and oxygen atoms in total. The minimum Gasteiger partial charge on any atom is -0.394 e. The van der Waals surface area contributed by atoms with Gasteiger partial charge in [-0.3, -0.25) is 19.7 Å². The number of nitrogens with two attached hydrogens (primary N) is 1. The van der Waals surface area contributed by atoms with Crippen molar-refractivity contribution in [2.24, 2.45) is 0 Å². The number of sulfone groups is 2. The van der Waals surface area contributed by atoms with E-state index in [0.29, 0.717) is 19.3 Å². The van der Waals surface area contributed by atoms with Crippen LogP contribution in [0.2, 0.25) is 0 Å². The number of nitrogen functional groups attached to an aromatic ring is 1. The summed E-state index contributed by atoms with van der Waals surface area (Å²) in [4.78, 5) is 31.0. The first kappa shape index (κ1) is 52.9. The van der Waals surface area contributed by atoms with Gasteiger partial charge in [-0.05, 0) is 51.3 Å². The lowest BCUT2D eigenvalue weighted by Gasteiger charge is -2.09. The number of carbonyl (C=O) groups is 2. The highest BCUT2D eigenvalue weighted by Gasteiger charge is 2.22. The van der Waals surface area contributed by atoms with Crippen molar-refractivity contribution in [2.75, 3.05) is 23.0 Å². The zero-order valence-electron chi connectivity index (χ0n) is 31.5. The number of nitrogens with zero attached hydrogens (tertiary/aromatic N) is 1. The lowest BCUT2D eigenvalue weighted by molar-refractivity contribution is -0.387. The van der Waals surface area contributed by atoms with Crippen molar-refractivity contribution in [2.45, 2.75) is 78.2 Å². The minimum atomic E-state index is -3.41. The molecule has 0 aliphatic carbocycles. The highest BCUT2D eigenvalue weighted by atomic mass is 35.7. The van der Waals surface area contributed by atoms with Gasteiger partial charge in [0.2, 0.25) is 14.9 Å². The second-order valence-corrected chi connectivity index (χ2v) is 19.5. The average molecular weight is 897 g/mol. The van der Waals surface area contributed by atoms with Gasteiger partial charge in [-0.25, -0.2) is 47.2 Å². The van der Waals surface area contributed by atoms with Crippen LogP contribution in [-0.2, 0) is 62.7 Å². The monoisotopic (exact) mass is 896 g/mol. The number of anilines is 1. The molecule has 2 N–H and O–H groups in total. The first-order valence-corrected chi connectivity index (χ1v) is 22.9. The maximum Gasteiger partial charge on any atom is 0.305 e. The molecule has 3 aromatic carbocycles. The standard InChI is InChI=1S/C13H16F2O3S.C10H13F2NO2S.C9H7F2NO3.C3H7ClO2S/c1-3-6-19(17,18)8-10-4-5-12(14)11(13(10)15)7-9(2)16;1-2-5-16(14,15)6-7-3-4-8(11)10(13)9(7)12;1-5(13)4-6-7(10)2-3-8(9(6)11)12(14)15;1-2-3-7(4,5)6/h4-5H,3,6-8H2,1-2H3;3-4H,2,5-6,13H2,1H3;2-3H,4H2,1H3;2-3H2,1H3. The summed E-state index contributed by atoms with van der Waals surface area (Å²) in [5, 5.41) is 10.3. The molecule has 0 amide bonds. The molecule has 3 rings (SSSR count). The number of halogens is 7. The SMILES string of the molecule is CC(=O)Cc1c(F)ccc([N+](=O)[O-])c1F.CCCS(=O)(=O)Cc1ccc(F)c(CC(C)=O)c1F.CCCS(=O)(=O)Cc1ccc(F)c(N)c1F.CCCS(=O)(=O)Cl. The Kier molecular flexibility index (Phi) is 22.3. The highest BCUT2D eigenvalue weighted by molar-refractivity contribution is 8.13. The summed E-state index contributed by atoms with van der Waals surface area (Å²) < 4.78 is 146. The van der Waals surface area contributed by atoms with E-state index in [-0.39, 0.29) is 46.2 Å². The molecule has 0 atom stereocenters. The number of carbonyl (C=O) groups excluding carboxylic acids is 2. The van der Waals surface area contributed by atoms with Crippen molar-refractivity contribution in [3.63, 3.8) is 0 Å². The van der Waals surface area contributed by atoms with Crippen molar-refractivity contribution >= 4 is 62.3 Å². The summed E-state index contributed by atoms with van der Waals surface area (Å²) in [6, 6.07) is 5.69. The second-order valence-electron chi connectivity index (χ2n) is 12.2. The van der Waals surface area contributed by atoms with E-state index in [4.69, 9.17) is 16.4 Å². The molecular weight excluding hydrogens is 854 g/mol. The van der Waals surface area contributed by atoms with Gasteiger partial charge in [0, 0.05) is 51.8 Å². The van der Waals surface area contributed by atoms with E-state index < -0.39 is 109 Å². The van der Waals surface area contributed by atoms with E-state index in [1.54, 1.807) is 20.8 Å². The normalized spacial score (nSPS) is 11.2. The van der Waals surface area contributed by atoms with Gasteiger partial charge in [0.15, 0.2) is 25.5 Å². The molecule has 0 aromatic heterocycles. The Labute approximate surface area is 332 Å². The summed E-state index contributed by atoms with van der Waals surface area (Å²) >= 11 is 0. The summed E-state index contributed by atoms with van der Waals surface area (Å²) in [6.07, 6.45) is 0.622. The summed E-state index contributed by atoms with van der Waals surface area (Å²) in [7, 11) is -5.16. The van der Waals surface area contributed by atoms with Crippen LogP contribution >= 0.6 is 10.7 Å². The number of rotatable bonds is 15. The van der Waals surface area contributed by atoms with E-state index in [1.165, 1.54) is 6.92 Å². The fraction of sp³-hybridized carbons (Fsp3) is 0.429. The van der Waals surface area contributed by atoms with Gasteiger partial charge >= 0.3 is 5.69 Å². The third-order valence-electron chi connectivity index (χ3n) is 6.92. The van der Waals surface area contributed by atoms with Gasteiger partial charge in [0.1, 0.15) is 40.5 Å². The van der Waals surface area contributed by atoms with Gasteiger partial charge < -0.3 is 5.73 Å². The number of nitro groups is 1. The molecule has 0 aliphatic heterocycles. The first-order chi connectivity index (χ1) is 26.1. The molecule has 0 aliphatic rings. The van der Waals surface area contributed by atoms with Gasteiger partial charge in [-0.15, -0.1) is 0 Å². The van der Waals surface area contributed by atoms with Crippen LogP contribution in [0.3, 0.4) is 0 Å². The lowest BCUT2D eigenvalue weighted by Crippen LogP contribution is -2.12. The summed E-state index contributed by atoms with van der Waals surface area (Å²) in [5.74, 6) is -7.63. The first-order valence-electron chi connectivity index (χ1n) is 16.7. The lowest BCUT2D eigenvalue weighted by atomic mass is 10.1. The molecule has 22 heteroatoms. The number of nitro benzene ring substituents is 1. The molecule has 0 heterocycles. The number of ketones is 2. The van der Waals surface area contributed by atoms with Crippen LogP contribution in [-0.4, -0.2) is 59.0 Å². The van der Waals surface area contributed by atoms with Crippen LogP contribution < -0.4 is 5.73 Å². The Hall–Kier alpha value is -4.08. The van der Waals surface area contributed by atoms with Gasteiger partial charge in [-0.2, -0.15) is 4.39 Å². The van der Waals surface area contributed by atoms with Crippen LogP contribution in [0, 0.1) is 45.0 Å². The van der Waals surface area contributed by atoms with E-state index in [9.17, 15) is 71.3 Å². The maximum absolute atomic E-state index is 14.0. The molecule has 0 unspecified atom stereocenters. The molecule has 0 radical (unpaired) electrons. The smallest absolute Gasteiger partial charge is 0.305 e. The van der Waals surface area contributed by atoms with E-state index in [2.05, 4.69) is 0 Å².